The van der Waals surface area contributed by atoms with Crippen LogP contribution in [-0.2, 0) is 0 Å². The van der Waals surface area contributed by atoms with Gasteiger partial charge in [0.1, 0.15) is 0 Å². The van der Waals surface area contributed by atoms with Crippen molar-refractivity contribution in [2.24, 2.45) is 0 Å². The Kier molecular flexibility index (Phi) is 3.50. The normalized spacial score (nSPS) is 17.4. The summed E-state index contributed by atoms with van der Waals surface area (Å²) in [6, 6.07) is 0. The van der Waals surface area contributed by atoms with Gasteiger partial charge in [0, 0.05) is 20.9 Å². The second-order valence-corrected chi connectivity index (χ2v) is 2.91. The maximum Gasteiger partial charge on any atom is 0.300 e. The molecule has 0 saturated carbocycles. The highest BCUT2D eigenvalue weighted by atomic mass is 79.9. The van der Waals surface area contributed by atoms with Crippen molar-refractivity contribution < 1.29 is 10.0 Å². The predicted octanol–water partition coefficient (Wildman–Crippen LogP) is 0.697. The van der Waals surface area contributed by atoms with E-state index < -0.39 is 14.9 Å². The molecule has 1 N–H and O–H groups in total. The maximum atomic E-state index is 9.71. The molecule has 0 fully saturated rings. The second kappa shape index (κ2) is 3.37. The zero-order valence-corrected chi connectivity index (χ0v) is 6.79. The number of halogens is 2. The maximum absolute atomic E-state index is 9.71. The van der Waals surface area contributed by atoms with Gasteiger partial charge in [-0.05, 0) is 15.9 Å². The second-order valence-electron chi connectivity index (χ2n) is 1.03. The Morgan fingerprint density at radius 2 is 2.00 bits per heavy atom. The molecule has 0 radical (unpaired) electrons. The van der Waals surface area contributed by atoms with Gasteiger partial charge in [0.15, 0.2) is 5.01 Å². The summed E-state index contributed by atoms with van der Waals surface area (Å²) in [4.78, 5) is 7.95. The van der Waals surface area contributed by atoms with E-state index in [2.05, 4.69) is 31.9 Å². The van der Waals surface area contributed by atoms with Crippen molar-refractivity contribution in [3.8, 4) is 0 Å². The molecule has 0 aromatic carbocycles. The van der Waals surface area contributed by atoms with Gasteiger partial charge < -0.3 is 5.11 Å². The van der Waals surface area contributed by atoms with Gasteiger partial charge in [0.05, 0.1) is 0 Å². The smallest absolute Gasteiger partial charge is 0.300 e. The molecular formula is C2H3Br2NO3. The number of aliphatic hydroxyl groups excluding tert-OH is 1. The van der Waals surface area contributed by atoms with Gasteiger partial charge in [-0.3, -0.25) is 10.1 Å². The summed E-state index contributed by atoms with van der Waals surface area (Å²) in [5, 5.41) is 17.0. The van der Waals surface area contributed by atoms with E-state index in [4.69, 9.17) is 5.11 Å². The first-order valence-electron chi connectivity index (χ1n) is 1.65. The van der Waals surface area contributed by atoms with Gasteiger partial charge in [0.25, 0.3) is 0 Å². The summed E-state index contributed by atoms with van der Waals surface area (Å²) in [6.07, 6.45) is 0. The summed E-state index contributed by atoms with van der Waals surface area (Å²) in [7, 11) is 0. The minimum Gasteiger partial charge on any atom is -0.374 e. The van der Waals surface area contributed by atoms with Gasteiger partial charge in [-0.2, -0.15) is 0 Å². The third-order valence-corrected chi connectivity index (χ3v) is 2.47. The largest absolute Gasteiger partial charge is 0.374 e. The summed E-state index contributed by atoms with van der Waals surface area (Å²) in [5.41, 5.74) is 0. The summed E-state index contributed by atoms with van der Waals surface area (Å²) >= 11 is 5.22. The van der Waals surface area contributed by atoms with Crippen molar-refractivity contribution in [1.29, 1.82) is 0 Å². The molecule has 4 nitrogen and oxygen atoms in total. The standard InChI is InChI=1S/C2H3Br2NO3/c3-1(2(4)6)5(7)8/h1-2,6H. The number of hydrogen-bond donors (Lipinski definition) is 1. The van der Waals surface area contributed by atoms with Crippen LogP contribution in [-0.4, -0.2) is 20.0 Å². The number of hydrogen-bond acceptors (Lipinski definition) is 3. The van der Waals surface area contributed by atoms with Gasteiger partial charge in [-0.25, -0.2) is 0 Å². The van der Waals surface area contributed by atoms with E-state index in [9.17, 15) is 10.1 Å². The Morgan fingerprint density at radius 1 is 1.62 bits per heavy atom. The van der Waals surface area contributed by atoms with Gasteiger partial charge in [0.2, 0.25) is 0 Å². The molecule has 0 rings (SSSR count). The number of rotatable bonds is 2. The van der Waals surface area contributed by atoms with E-state index in [1.807, 2.05) is 0 Å². The molecule has 0 heterocycles. The molecule has 2 unspecified atom stereocenters. The zero-order chi connectivity index (χ0) is 6.73. The monoisotopic (exact) mass is 247 g/mol. The molecule has 0 aliphatic carbocycles. The first-order chi connectivity index (χ1) is 3.55. The number of aliphatic hydroxyl groups is 1. The van der Waals surface area contributed by atoms with Crippen molar-refractivity contribution in [1.82, 2.24) is 0 Å². The number of alkyl halides is 2. The van der Waals surface area contributed by atoms with Crippen molar-refractivity contribution in [3.63, 3.8) is 0 Å². The summed E-state index contributed by atoms with van der Waals surface area (Å²) in [5.74, 6) is 0. The molecule has 2 atom stereocenters. The van der Waals surface area contributed by atoms with Crippen LogP contribution in [0, 0.1) is 10.1 Å². The van der Waals surface area contributed by atoms with Crippen LogP contribution >= 0.6 is 31.9 Å². The quantitative estimate of drug-likeness (QED) is 0.339. The molecule has 0 aromatic heterocycles. The molecule has 0 aromatic rings. The van der Waals surface area contributed by atoms with Crippen molar-refractivity contribution >= 4 is 31.9 Å². The van der Waals surface area contributed by atoms with Gasteiger partial charge >= 0.3 is 4.95 Å². The van der Waals surface area contributed by atoms with Crippen LogP contribution in [0.25, 0.3) is 0 Å². The highest BCUT2D eigenvalue weighted by molar-refractivity contribution is 9.12. The van der Waals surface area contributed by atoms with Crippen LogP contribution < -0.4 is 0 Å². The van der Waals surface area contributed by atoms with Gasteiger partial charge in [-0.1, -0.05) is 0 Å². The predicted molar refractivity (Wildman–Crippen MR) is 34.6 cm³/mol. The van der Waals surface area contributed by atoms with Crippen LogP contribution in [0.1, 0.15) is 0 Å². The fraction of sp³-hybridized carbons (Fsp3) is 1.00. The SMILES string of the molecule is O=[N+]([O-])C(Br)C(O)Br. The van der Waals surface area contributed by atoms with Crippen molar-refractivity contribution in [2.75, 3.05) is 0 Å². The number of nitrogens with zero attached hydrogens (tertiary/aromatic N) is 1. The summed E-state index contributed by atoms with van der Waals surface area (Å²) < 4.78 is 0. The Morgan fingerprint density at radius 3 is 2.00 bits per heavy atom. The molecule has 6 heteroatoms. The highest BCUT2D eigenvalue weighted by Gasteiger charge is 2.22. The molecule has 0 aliphatic rings. The fourth-order valence-electron chi connectivity index (χ4n) is 0.100. The fourth-order valence-corrected chi connectivity index (χ4v) is 0.293. The first kappa shape index (κ1) is 8.32. The molecule has 48 valence electrons. The lowest BCUT2D eigenvalue weighted by Crippen LogP contribution is -2.22. The molecule has 0 amide bonds. The molecule has 0 spiro atoms. The molecule has 0 bridgehead atoms. The lowest BCUT2D eigenvalue weighted by molar-refractivity contribution is -0.498. The Balaban J connectivity index is 3.64. The van der Waals surface area contributed by atoms with Crippen LogP contribution in [0.5, 0.6) is 0 Å². The van der Waals surface area contributed by atoms with Gasteiger partial charge in [-0.15, -0.1) is 0 Å². The topological polar surface area (TPSA) is 63.4 Å². The van der Waals surface area contributed by atoms with Crippen molar-refractivity contribution in [3.05, 3.63) is 10.1 Å². The summed E-state index contributed by atoms with van der Waals surface area (Å²) in [6.45, 7) is 0. The van der Waals surface area contributed by atoms with Crippen LogP contribution in [0.2, 0.25) is 0 Å². The number of nitro groups is 1. The lowest BCUT2D eigenvalue weighted by atomic mass is 10.7. The molecule has 8 heavy (non-hydrogen) atoms. The molecule has 0 saturated heterocycles. The van der Waals surface area contributed by atoms with Crippen LogP contribution in [0.4, 0.5) is 0 Å². The van der Waals surface area contributed by atoms with E-state index in [1.165, 1.54) is 0 Å². The molecular weight excluding hydrogens is 246 g/mol. The van der Waals surface area contributed by atoms with Crippen LogP contribution in [0.15, 0.2) is 0 Å². The first-order valence-corrected chi connectivity index (χ1v) is 3.48. The van der Waals surface area contributed by atoms with E-state index in [0.29, 0.717) is 0 Å². The minimum absolute atomic E-state index is 0.639. The van der Waals surface area contributed by atoms with E-state index in [1.54, 1.807) is 0 Å². The Labute approximate surface area is 62.3 Å². The van der Waals surface area contributed by atoms with E-state index in [-0.39, 0.29) is 0 Å². The van der Waals surface area contributed by atoms with E-state index >= 15 is 0 Å². The Bertz CT molecular complexity index is 95.3. The van der Waals surface area contributed by atoms with Crippen molar-refractivity contribution in [2.45, 2.75) is 9.96 Å². The average molecular weight is 249 g/mol. The third kappa shape index (κ3) is 2.58. The minimum atomic E-state index is -1.13. The zero-order valence-electron chi connectivity index (χ0n) is 3.62. The third-order valence-electron chi connectivity index (χ3n) is 0.428. The van der Waals surface area contributed by atoms with Crippen LogP contribution in [0.3, 0.4) is 0 Å². The van der Waals surface area contributed by atoms with E-state index in [0.717, 1.165) is 0 Å². The highest BCUT2D eigenvalue weighted by Crippen LogP contribution is 2.10. The lowest BCUT2D eigenvalue weighted by Gasteiger charge is -2.00. The Hall–Kier alpha value is 0.320. The molecule has 0 aliphatic heterocycles. The average Bonchev–Trinajstić information content (AvgIpc) is 1.64.